The van der Waals surface area contributed by atoms with E-state index in [1.54, 1.807) is 12.1 Å². The maximum atomic E-state index is 13.5. The Bertz CT molecular complexity index is 487. The van der Waals surface area contributed by atoms with Gasteiger partial charge in [-0.2, -0.15) is 10.2 Å². The molecule has 1 aromatic carbocycles. The minimum absolute atomic E-state index is 0.108. The fourth-order valence-corrected chi connectivity index (χ4v) is 1.78. The van der Waals surface area contributed by atoms with Crippen LogP contribution in [0.15, 0.2) is 36.7 Å². The molecule has 0 radical (unpaired) electrons. The van der Waals surface area contributed by atoms with Crippen molar-refractivity contribution < 1.29 is 9.50 Å². The zero-order valence-corrected chi connectivity index (χ0v) is 9.60. The van der Waals surface area contributed by atoms with Crippen molar-refractivity contribution in [2.45, 2.75) is 12.5 Å². The highest BCUT2D eigenvalue weighted by atomic mass is 35.5. The number of rotatable bonds is 3. The van der Waals surface area contributed by atoms with E-state index in [4.69, 9.17) is 11.6 Å². The Morgan fingerprint density at radius 2 is 2.12 bits per heavy atom. The van der Waals surface area contributed by atoms with Gasteiger partial charge in [0.15, 0.2) is 0 Å². The number of benzene rings is 1. The molecular formula is C12H10ClFN2O. The van der Waals surface area contributed by atoms with E-state index in [9.17, 15) is 9.50 Å². The third-order valence-electron chi connectivity index (χ3n) is 2.45. The molecule has 2 rings (SSSR count). The van der Waals surface area contributed by atoms with Gasteiger partial charge in [0.25, 0.3) is 0 Å². The lowest BCUT2D eigenvalue weighted by atomic mass is 10.0. The van der Waals surface area contributed by atoms with Crippen LogP contribution in [0.4, 0.5) is 4.39 Å². The molecule has 2 aromatic rings. The second-order valence-electron chi connectivity index (χ2n) is 3.60. The fourth-order valence-electron chi connectivity index (χ4n) is 1.54. The Morgan fingerprint density at radius 3 is 2.76 bits per heavy atom. The monoisotopic (exact) mass is 252 g/mol. The third kappa shape index (κ3) is 2.78. The summed E-state index contributed by atoms with van der Waals surface area (Å²) in [5, 5.41) is 17.5. The average molecular weight is 253 g/mol. The highest BCUT2D eigenvalue weighted by Crippen LogP contribution is 2.25. The van der Waals surface area contributed by atoms with E-state index in [-0.39, 0.29) is 6.42 Å². The van der Waals surface area contributed by atoms with E-state index in [2.05, 4.69) is 10.2 Å². The van der Waals surface area contributed by atoms with Crippen LogP contribution in [0.2, 0.25) is 5.02 Å². The van der Waals surface area contributed by atoms with Gasteiger partial charge in [-0.1, -0.05) is 17.7 Å². The van der Waals surface area contributed by atoms with Crippen LogP contribution in [-0.2, 0) is 6.42 Å². The van der Waals surface area contributed by atoms with E-state index in [1.165, 1.54) is 24.5 Å². The Hall–Kier alpha value is -1.52. The van der Waals surface area contributed by atoms with Crippen LogP contribution < -0.4 is 0 Å². The van der Waals surface area contributed by atoms with Crippen LogP contribution in [0, 0.1) is 5.82 Å². The van der Waals surface area contributed by atoms with Gasteiger partial charge < -0.3 is 5.11 Å². The van der Waals surface area contributed by atoms with Gasteiger partial charge in [0.05, 0.1) is 12.3 Å². The number of hydrogen-bond acceptors (Lipinski definition) is 3. The molecular weight excluding hydrogens is 243 g/mol. The highest BCUT2D eigenvalue weighted by molar-refractivity contribution is 6.31. The molecule has 5 heteroatoms. The lowest BCUT2D eigenvalue weighted by Crippen LogP contribution is -2.05. The quantitative estimate of drug-likeness (QED) is 0.913. The number of hydrogen-bond donors (Lipinski definition) is 1. The van der Waals surface area contributed by atoms with Gasteiger partial charge >= 0.3 is 0 Å². The Kier molecular flexibility index (Phi) is 3.66. The summed E-state index contributed by atoms with van der Waals surface area (Å²) < 4.78 is 13.5. The van der Waals surface area contributed by atoms with Crippen LogP contribution in [0.5, 0.6) is 0 Å². The van der Waals surface area contributed by atoms with Crippen molar-refractivity contribution in [3.63, 3.8) is 0 Å². The summed E-state index contributed by atoms with van der Waals surface area (Å²) in [7, 11) is 0. The summed E-state index contributed by atoms with van der Waals surface area (Å²) in [5.41, 5.74) is 0.887. The molecule has 88 valence electrons. The van der Waals surface area contributed by atoms with Gasteiger partial charge in [0, 0.05) is 28.8 Å². The lowest BCUT2D eigenvalue weighted by molar-refractivity contribution is 0.176. The van der Waals surface area contributed by atoms with Gasteiger partial charge in [0.2, 0.25) is 0 Å². The first kappa shape index (κ1) is 12.0. The minimum Gasteiger partial charge on any atom is -0.388 e. The normalized spacial score (nSPS) is 12.4. The van der Waals surface area contributed by atoms with E-state index in [1.807, 2.05) is 0 Å². The number of aromatic nitrogens is 2. The number of aliphatic hydroxyl groups excluding tert-OH is 1. The van der Waals surface area contributed by atoms with Crippen LogP contribution in [0.25, 0.3) is 0 Å². The van der Waals surface area contributed by atoms with Gasteiger partial charge in [-0.15, -0.1) is 0 Å². The van der Waals surface area contributed by atoms with Gasteiger partial charge in [-0.3, -0.25) is 0 Å². The molecule has 17 heavy (non-hydrogen) atoms. The summed E-state index contributed by atoms with van der Waals surface area (Å²) in [5.74, 6) is -0.418. The first-order chi connectivity index (χ1) is 8.18. The van der Waals surface area contributed by atoms with Crippen LogP contribution in [-0.4, -0.2) is 15.3 Å². The molecule has 1 aromatic heterocycles. The van der Waals surface area contributed by atoms with Crippen molar-refractivity contribution in [2.24, 2.45) is 0 Å². The van der Waals surface area contributed by atoms with Gasteiger partial charge in [0.1, 0.15) is 5.82 Å². The van der Waals surface area contributed by atoms with E-state index < -0.39 is 11.9 Å². The van der Waals surface area contributed by atoms with Crippen LogP contribution in [0.1, 0.15) is 17.2 Å². The first-order valence-corrected chi connectivity index (χ1v) is 5.44. The van der Waals surface area contributed by atoms with Gasteiger partial charge in [-0.05, 0) is 18.2 Å². The maximum absolute atomic E-state index is 13.5. The van der Waals surface area contributed by atoms with Crippen LogP contribution in [0.3, 0.4) is 0 Å². The third-order valence-corrected chi connectivity index (χ3v) is 2.81. The number of aliphatic hydroxyl groups is 1. The van der Waals surface area contributed by atoms with Crippen molar-refractivity contribution in [1.29, 1.82) is 0 Å². The first-order valence-electron chi connectivity index (χ1n) is 5.06. The second kappa shape index (κ2) is 5.21. The molecule has 0 fully saturated rings. The van der Waals surface area contributed by atoms with Crippen LogP contribution >= 0.6 is 11.6 Å². The number of halogens is 2. The highest BCUT2D eigenvalue weighted by Gasteiger charge is 2.14. The zero-order chi connectivity index (χ0) is 12.3. The SMILES string of the molecule is OC(Cc1c(F)cccc1Cl)c1ccnnc1. The topological polar surface area (TPSA) is 46.0 Å². The molecule has 0 aliphatic rings. The smallest absolute Gasteiger partial charge is 0.127 e. The van der Waals surface area contributed by atoms with Crippen molar-refractivity contribution in [2.75, 3.05) is 0 Å². The fraction of sp³-hybridized carbons (Fsp3) is 0.167. The van der Waals surface area contributed by atoms with E-state index >= 15 is 0 Å². The Morgan fingerprint density at radius 1 is 1.29 bits per heavy atom. The molecule has 1 N–H and O–H groups in total. The molecule has 0 aliphatic heterocycles. The standard InChI is InChI=1S/C12H10ClFN2O/c13-10-2-1-3-11(14)9(10)6-12(17)8-4-5-15-16-7-8/h1-5,7,12,17H,6H2. The van der Waals surface area contributed by atoms with E-state index in [0.717, 1.165) is 0 Å². The largest absolute Gasteiger partial charge is 0.388 e. The van der Waals surface area contributed by atoms with Gasteiger partial charge in [-0.25, -0.2) is 4.39 Å². The molecule has 0 spiro atoms. The number of nitrogens with zero attached hydrogens (tertiary/aromatic N) is 2. The molecule has 0 amide bonds. The Balaban J connectivity index is 2.22. The summed E-state index contributed by atoms with van der Waals surface area (Å²) in [6, 6.07) is 6.07. The second-order valence-corrected chi connectivity index (χ2v) is 4.00. The van der Waals surface area contributed by atoms with E-state index in [0.29, 0.717) is 16.1 Å². The molecule has 0 saturated carbocycles. The summed E-state index contributed by atoms with van der Waals surface area (Å²) in [4.78, 5) is 0. The summed E-state index contributed by atoms with van der Waals surface area (Å²) in [6.07, 6.45) is 2.18. The molecule has 1 heterocycles. The summed E-state index contributed by atoms with van der Waals surface area (Å²) >= 11 is 5.88. The predicted octanol–water partition coefficient (Wildman–Crippen LogP) is 2.55. The molecule has 1 atom stereocenters. The molecule has 0 bridgehead atoms. The average Bonchev–Trinajstić information content (AvgIpc) is 2.35. The zero-order valence-electron chi connectivity index (χ0n) is 8.85. The molecule has 3 nitrogen and oxygen atoms in total. The molecule has 1 unspecified atom stereocenters. The maximum Gasteiger partial charge on any atom is 0.127 e. The predicted molar refractivity (Wildman–Crippen MR) is 62.1 cm³/mol. The summed E-state index contributed by atoms with van der Waals surface area (Å²) in [6.45, 7) is 0. The lowest BCUT2D eigenvalue weighted by Gasteiger charge is -2.12. The molecule has 0 saturated heterocycles. The molecule has 0 aliphatic carbocycles. The minimum atomic E-state index is -0.847. The van der Waals surface area contributed by atoms with Crippen molar-refractivity contribution in [1.82, 2.24) is 10.2 Å². The van der Waals surface area contributed by atoms with Crippen molar-refractivity contribution in [3.05, 3.63) is 58.6 Å². The van der Waals surface area contributed by atoms with Crippen molar-refractivity contribution >= 4 is 11.6 Å². The van der Waals surface area contributed by atoms with Crippen molar-refractivity contribution in [3.8, 4) is 0 Å². The Labute approximate surface area is 103 Å².